The van der Waals surface area contributed by atoms with Gasteiger partial charge >= 0.3 is 0 Å². The van der Waals surface area contributed by atoms with Crippen molar-refractivity contribution in [1.29, 1.82) is 5.26 Å². The summed E-state index contributed by atoms with van der Waals surface area (Å²) < 4.78 is 1.72. The SMILES string of the molecule is Cc1cccc(-c2[nH]c(N(C)c3cc(C#N)cc(N(C)C)c3)nc2-c2ccc3ncnn3c2)n1. The van der Waals surface area contributed by atoms with Crippen LogP contribution < -0.4 is 9.80 Å². The number of aryl methyl sites for hydroxylation is 1. The number of anilines is 3. The number of fused-ring (bicyclic) bond motifs is 1. The monoisotopic (exact) mass is 449 g/mol. The van der Waals surface area contributed by atoms with Crippen LogP contribution in [0, 0.1) is 18.3 Å². The minimum atomic E-state index is 0.581. The Morgan fingerprint density at radius 3 is 2.59 bits per heavy atom. The van der Waals surface area contributed by atoms with Gasteiger partial charge in [0.1, 0.15) is 12.0 Å². The van der Waals surface area contributed by atoms with Gasteiger partial charge in [0.25, 0.3) is 0 Å². The molecule has 0 aliphatic rings. The average Bonchev–Trinajstić information content (AvgIpc) is 3.50. The molecule has 0 aliphatic carbocycles. The second-order valence-corrected chi connectivity index (χ2v) is 8.23. The number of hydrogen-bond acceptors (Lipinski definition) is 7. The molecule has 4 aromatic heterocycles. The van der Waals surface area contributed by atoms with Crippen molar-refractivity contribution in [2.24, 2.45) is 0 Å². The molecule has 0 radical (unpaired) electrons. The standard InChI is InChI=1S/C25H23N9/c1-16-6-5-7-21(29-16)24-23(18-8-9-22-27-15-28-34(22)14-18)30-25(31-24)33(4)20-11-17(13-26)10-19(12-20)32(2)3/h5-12,14-15H,1-4H3,(H,30,31). The number of hydrogen-bond donors (Lipinski definition) is 1. The average molecular weight is 450 g/mol. The number of nitrogens with zero attached hydrogens (tertiary/aromatic N) is 8. The lowest BCUT2D eigenvalue weighted by Crippen LogP contribution is -2.14. The molecule has 0 spiro atoms. The first-order chi connectivity index (χ1) is 16.4. The van der Waals surface area contributed by atoms with Crippen molar-refractivity contribution in [2.75, 3.05) is 30.9 Å². The third-order valence-corrected chi connectivity index (χ3v) is 5.64. The first-order valence-corrected chi connectivity index (χ1v) is 10.7. The molecule has 0 saturated carbocycles. The Balaban J connectivity index is 1.66. The molecule has 168 valence electrons. The molecule has 5 aromatic rings. The van der Waals surface area contributed by atoms with E-state index in [1.165, 1.54) is 6.33 Å². The summed E-state index contributed by atoms with van der Waals surface area (Å²) in [6, 6.07) is 17.8. The minimum Gasteiger partial charge on any atom is -0.378 e. The van der Waals surface area contributed by atoms with Crippen LogP contribution in [0.4, 0.5) is 17.3 Å². The molecule has 1 aromatic carbocycles. The third kappa shape index (κ3) is 3.82. The number of benzene rings is 1. The van der Waals surface area contributed by atoms with Crippen LogP contribution in [0.1, 0.15) is 11.3 Å². The molecular weight excluding hydrogens is 426 g/mol. The van der Waals surface area contributed by atoms with Gasteiger partial charge in [-0.2, -0.15) is 10.4 Å². The van der Waals surface area contributed by atoms with Gasteiger partial charge in [0.2, 0.25) is 5.95 Å². The predicted molar refractivity (Wildman–Crippen MR) is 132 cm³/mol. The maximum atomic E-state index is 9.53. The summed E-state index contributed by atoms with van der Waals surface area (Å²) in [5.74, 6) is 0.631. The summed E-state index contributed by atoms with van der Waals surface area (Å²) >= 11 is 0. The quantitative estimate of drug-likeness (QED) is 0.429. The fourth-order valence-corrected chi connectivity index (χ4v) is 3.79. The van der Waals surface area contributed by atoms with Gasteiger partial charge in [-0.25, -0.2) is 14.5 Å². The van der Waals surface area contributed by atoms with Crippen molar-refractivity contribution in [1.82, 2.24) is 29.5 Å². The van der Waals surface area contributed by atoms with Gasteiger partial charge in [0.15, 0.2) is 5.65 Å². The number of aromatic amines is 1. The van der Waals surface area contributed by atoms with Crippen LogP contribution in [-0.4, -0.2) is 50.7 Å². The Morgan fingerprint density at radius 1 is 1.00 bits per heavy atom. The van der Waals surface area contributed by atoms with Crippen molar-refractivity contribution in [3.8, 4) is 28.7 Å². The summed E-state index contributed by atoms with van der Waals surface area (Å²) in [6.45, 7) is 1.96. The van der Waals surface area contributed by atoms with E-state index in [0.717, 1.165) is 45.4 Å². The van der Waals surface area contributed by atoms with Gasteiger partial charge in [-0.05, 0) is 49.4 Å². The fraction of sp³-hybridized carbons (Fsp3) is 0.160. The zero-order valence-corrected chi connectivity index (χ0v) is 19.4. The highest BCUT2D eigenvalue weighted by Crippen LogP contribution is 2.34. The Morgan fingerprint density at radius 2 is 1.82 bits per heavy atom. The first kappa shape index (κ1) is 21.2. The number of nitriles is 1. The van der Waals surface area contributed by atoms with Crippen molar-refractivity contribution in [3.05, 3.63) is 72.3 Å². The van der Waals surface area contributed by atoms with Crippen LogP contribution in [0.5, 0.6) is 0 Å². The van der Waals surface area contributed by atoms with E-state index in [0.29, 0.717) is 11.5 Å². The summed E-state index contributed by atoms with van der Waals surface area (Å²) in [5.41, 5.74) is 7.26. The zero-order valence-electron chi connectivity index (χ0n) is 19.4. The van der Waals surface area contributed by atoms with Gasteiger partial charge in [-0.1, -0.05) is 6.07 Å². The van der Waals surface area contributed by atoms with Crippen LogP contribution >= 0.6 is 0 Å². The van der Waals surface area contributed by atoms with E-state index >= 15 is 0 Å². The molecule has 0 fully saturated rings. The highest BCUT2D eigenvalue weighted by Gasteiger charge is 2.19. The maximum absolute atomic E-state index is 9.53. The maximum Gasteiger partial charge on any atom is 0.208 e. The highest BCUT2D eigenvalue weighted by atomic mass is 15.3. The lowest BCUT2D eigenvalue weighted by molar-refractivity contribution is 0.962. The van der Waals surface area contributed by atoms with Gasteiger partial charge in [-0.3, -0.25) is 4.98 Å². The third-order valence-electron chi connectivity index (χ3n) is 5.64. The molecule has 0 saturated heterocycles. The van der Waals surface area contributed by atoms with Crippen molar-refractivity contribution in [3.63, 3.8) is 0 Å². The molecule has 0 amide bonds. The lowest BCUT2D eigenvalue weighted by atomic mass is 10.1. The first-order valence-electron chi connectivity index (χ1n) is 10.7. The van der Waals surface area contributed by atoms with E-state index in [1.807, 2.05) is 92.6 Å². The Bertz CT molecular complexity index is 1540. The van der Waals surface area contributed by atoms with Crippen molar-refractivity contribution in [2.45, 2.75) is 6.92 Å². The number of imidazole rings is 1. The molecule has 0 unspecified atom stereocenters. The normalized spacial score (nSPS) is 10.9. The van der Waals surface area contributed by atoms with E-state index in [2.05, 4.69) is 21.1 Å². The second kappa shape index (κ2) is 8.33. The van der Waals surface area contributed by atoms with Crippen LogP contribution in [0.3, 0.4) is 0 Å². The Kier molecular flexibility index (Phi) is 5.18. The number of rotatable bonds is 5. The van der Waals surface area contributed by atoms with Crippen LogP contribution in [0.2, 0.25) is 0 Å². The number of aromatic nitrogens is 6. The van der Waals surface area contributed by atoms with Crippen LogP contribution in [0.15, 0.2) is 61.1 Å². The molecule has 9 nitrogen and oxygen atoms in total. The largest absolute Gasteiger partial charge is 0.378 e. The van der Waals surface area contributed by atoms with Gasteiger partial charge in [-0.15, -0.1) is 0 Å². The van der Waals surface area contributed by atoms with E-state index in [-0.39, 0.29) is 0 Å². The second-order valence-electron chi connectivity index (χ2n) is 8.23. The molecule has 5 rings (SSSR count). The van der Waals surface area contributed by atoms with E-state index < -0.39 is 0 Å². The van der Waals surface area contributed by atoms with Crippen molar-refractivity contribution < 1.29 is 0 Å². The predicted octanol–water partition coefficient (Wildman–Crippen LogP) is 4.20. The number of H-pyrrole nitrogens is 1. The summed E-state index contributed by atoms with van der Waals surface area (Å²) in [4.78, 5) is 21.3. The smallest absolute Gasteiger partial charge is 0.208 e. The molecule has 1 N–H and O–H groups in total. The zero-order chi connectivity index (χ0) is 23.8. The number of nitrogens with one attached hydrogen (secondary N) is 1. The van der Waals surface area contributed by atoms with E-state index in [9.17, 15) is 5.26 Å². The summed E-state index contributed by atoms with van der Waals surface area (Å²) in [7, 11) is 5.83. The lowest BCUT2D eigenvalue weighted by Gasteiger charge is -2.20. The summed E-state index contributed by atoms with van der Waals surface area (Å²) in [6.07, 6.45) is 3.43. The fourth-order valence-electron chi connectivity index (χ4n) is 3.79. The molecule has 4 heterocycles. The van der Waals surface area contributed by atoms with Crippen molar-refractivity contribution >= 4 is 23.0 Å². The van der Waals surface area contributed by atoms with Crippen LogP contribution in [0.25, 0.3) is 28.3 Å². The van der Waals surface area contributed by atoms with Gasteiger partial charge in [0.05, 0.1) is 23.0 Å². The molecule has 9 heteroatoms. The topological polar surface area (TPSA) is 102 Å². The minimum absolute atomic E-state index is 0.581. The highest BCUT2D eigenvalue weighted by molar-refractivity contribution is 5.80. The van der Waals surface area contributed by atoms with E-state index in [4.69, 9.17) is 9.97 Å². The Hall–Kier alpha value is -4.71. The van der Waals surface area contributed by atoms with Gasteiger partial charge < -0.3 is 14.8 Å². The summed E-state index contributed by atoms with van der Waals surface area (Å²) in [5, 5.41) is 13.8. The Labute approximate surface area is 197 Å². The molecular formula is C25H23N9. The van der Waals surface area contributed by atoms with E-state index in [1.54, 1.807) is 4.52 Å². The molecule has 34 heavy (non-hydrogen) atoms. The molecule has 0 atom stereocenters. The molecule has 0 aliphatic heterocycles. The number of pyridine rings is 2. The molecule has 0 bridgehead atoms. The van der Waals surface area contributed by atoms with Crippen LogP contribution in [-0.2, 0) is 0 Å². The van der Waals surface area contributed by atoms with Gasteiger partial charge in [0, 0.05) is 50.0 Å².